The van der Waals surface area contributed by atoms with Crippen molar-refractivity contribution >= 4 is 17.7 Å². The Bertz CT molecular complexity index is 861. The van der Waals surface area contributed by atoms with E-state index in [1.54, 1.807) is 45.2 Å². The van der Waals surface area contributed by atoms with E-state index in [-0.39, 0.29) is 12.5 Å². The predicted molar refractivity (Wildman–Crippen MR) is 104 cm³/mol. The smallest absolute Gasteiger partial charge is 0.410 e. The highest BCUT2D eigenvalue weighted by atomic mass is 16.6. The molecule has 0 atom stereocenters. The quantitative estimate of drug-likeness (QED) is 0.848. The molecule has 0 unspecified atom stereocenters. The van der Waals surface area contributed by atoms with Gasteiger partial charge in [0.25, 0.3) is 0 Å². The van der Waals surface area contributed by atoms with Crippen LogP contribution in [0, 0.1) is 11.8 Å². The van der Waals surface area contributed by atoms with Crippen molar-refractivity contribution in [3.63, 3.8) is 0 Å². The van der Waals surface area contributed by atoms with Crippen molar-refractivity contribution in [1.82, 2.24) is 9.88 Å². The van der Waals surface area contributed by atoms with Gasteiger partial charge in [-0.3, -0.25) is 4.79 Å². The van der Waals surface area contributed by atoms with Crippen LogP contribution in [-0.4, -0.2) is 41.1 Å². The molecule has 0 bridgehead atoms. The van der Waals surface area contributed by atoms with Crippen LogP contribution in [0.4, 0.5) is 10.5 Å². The molecule has 140 valence electrons. The molecule has 0 spiro atoms. The van der Waals surface area contributed by atoms with E-state index >= 15 is 0 Å². The Labute approximate surface area is 159 Å². The van der Waals surface area contributed by atoms with Crippen LogP contribution in [0.15, 0.2) is 48.7 Å². The second-order valence-electron chi connectivity index (χ2n) is 6.93. The summed E-state index contributed by atoms with van der Waals surface area (Å²) in [6.45, 7) is 5.21. The van der Waals surface area contributed by atoms with Crippen molar-refractivity contribution < 1.29 is 14.3 Å². The topological polar surface area (TPSA) is 71.5 Å². The maximum Gasteiger partial charge on any atom is 0.410 e. The summed E-state index contributed by atoms with van der Waals surface area (Å²) in [6, 6.07) is 12.7. The van der Waals surface area contributed by atoms with Crippen LogP contribution >= 0.6 is 0 Å². The lowest BCUT2D eigenvalue weighted by Crippen LogP contribution is -2.38. The molecule has 0 saturated heterocycles. The molecular formula is C21H23N3O3. The molecule has 0 aliphatic rings. The number of amides is 2. The Kier molecular flexibility index (Phi) is 6.56. The standard InChI is InChI=1S/C21H23N3O3/c1-21(2,3)27-20(26)24(4)15-19(25)23-18-10-7-8-16(14-18)11-12-17-9-5-6-13-22-17/h5-10,13-14H,15H2,1-4H3,(H,23,25). The van der Waals surface area contributed by atoms with Gasteiger partial charge in [0.2, 0.25) is 5.91 Å². The molecule has 0 fully saturated rings. The van der Waals surface area contributed by atoms with Crippen molar-refractivity contribution in [2.75, 3.05) is 18.9 Å². The fraction of sp³-hybridized carbons (Fsp3) is 0.286. The summed E-state index contributed by atoms with van der Waals surface area (Å²) >= 11 is 0. The zero-order chi connectivity index (χ0) is 19.9. The first-order valence-electron chi connectivity index (χ1n) is 8.50. The number of aromatic nitrogens is 1. The van der Waals surface area contributed by atoms with E-state index < -0.39 is 11.7 Å². The lowest BCUT2D eigenvalue weighted by molar-refractivity contribution is -0.117. The highest BCUT2D eigenvalue weighted by Crippen LogP contribution is 2.11. The minimum atomic E-state index is -0.609. The Morgan fingerprint density at radius 2 is 1.93 bits per heavy atom. The number of rotatable bonds is 3. The van der Waals surface area contributed by atoms with E-state index in [1.807, 2.05) is 24.3 Å². The molecule has 27 heavy (non-hydrogen) atoms. The Balaban J connectivity index is 1.96. The van der Waals surface area contributed by atoms with Gasteiger partial charge in [-0.1, -0.05) is 18.1 Å². The van der Waals surface area contributed by atoms with Gasteiger partial charge in [-0.05, 0) is 57.0 Å². The summed E-state index contributed by atoms with van der Waals surface area (Å²) < 4.78 is 5.23. The fourth-order valence-electron chi connectivity index (χ4n) is 2.07. The van der Waals surface area contributed by atoms with Crippen molar-refractivity contribution in [3.8, 4) is 11.8 Å². The van der Waals surface area contributed by atoms with Gasteiger partial charge in [-0.25, -0.2) is 9.78 Å². The van der Waals surface area contributed by atoms with Crippen molar-refractivity contribution in [1.29, 1.82) is 0 Å². The molecule has 0 saturated carbocycles. The first kappa shape index (κ1) is 20.0. The van der Waals surface area contributed by atoms with Gasteiger partial charge in [0.05, 0.1) is 0 Å². The van der Waals surface area contributed by atoms with Crippen LogP contribution in [0.2, 0.25) is 0 Å². The maximum atomic E-state index is 12.2. The molecule has 2 aromatic rings. The summed E-state index contributed by atoms with van der Waals surface area (Å²) in [6.07, 6.45) is 1.13. The Hall–Kier alpha value is -3.33. The third kappa shape index (κ3) is 7.20. The number of ether oxygens (including phenoxy) is 1. The molecule has 0 radical (unpaired) electrons. The minimum Gasteiger partial charge on any atom is -0.444 e. The van der Waals surface area contributed by atoms with E-state index in [1.165, 1.54) is 11.9 Å². The number of hydrogen-bond acceptors (Lipinski definition) is 4. The third-order valence-electron chi connectivity index (χ3n) is 3.23. The Morgan fingerprint density at radius 3 is 2.59 bits per heavy atom. The first-order valence-corrected chi connectivity index (χ1v) is 8.50. The molecule has 6 nitrogen and oxygen atoms in total. The van der Waals surface area contributed by atoms with Crippen LogP contribution in [0.3, 0.4) is 0 Å². The number of pyridine rings is 1. The van der Waals surface area contributed by atoms with Gasteiger partial charge in [0.1, 0.15) is 17.8 Å². The second kappa shape index (κ2) is 8.86. The molecule has 2 rings (SSSR count). The van der Waals surface area contributed by atoms with Crippen LogP contribution < -0.4 is 5.32 Å². The van der Waals surface area contributed by atoms with E-state index in [0.717, 1.165) is 5.56 Å². The molecule has 1 heterocycles. The fourth-order valence-corrected chi connectivity index (χ4v) is 2.07. The van der Waals surface area contributed by atoms with Crippen molar-refractivity contribution in [3.05, 3.63) is 59.9 Å². The van der Waals surface area contributed by atoms with Gasteiger partial charge in [0, 0.05) is 24.5 Å². The zero-order valence-electron chi connectivity index (χ0n) is 15.9. The van der Waals surface area contributed by atoms with E-state index in [0.29, 0.717) is 11.4 Å². The summed E-state index contributed by atoms with van der Waals surface area (Å²) in [5, 5.41) is 2.76. The average molecular weight is 365 g/mol. The van der Waals surface area contributed by atoms with E-state index in [2.05, 4.69) is 22.1 Å². The molecule has 6 heteroatoms. The minimum absolute atomic E-state index is 0.112. The number of benzene rings is 1. The average Bonchev–Trinajstić information content (AvgIpc) is 2.59. The monoisotopic (exact) mass is 365 g/mol. The van der Waals surface area contributed by atoms with Gasteiger partial charge in [-0.2, -0.15) is 0 Å². The molecule has 0 aliphatic heterocycles. The molecule has 1 aromatic carbocycles. The maximum absolute atomic E-state index is 12.2. The first-order chi connectivity index (χ1) is 12.7. The molecular weight excluding hydrogens is 342 g/mol. The van der Waals surface area contributed by atoms with Crippen molar-refractivity contribution in [2.24, 2.45) is 0 Å². The normalized spacial score (nSPS) is 10.4. The number of anilines is 1. The lowest BCUT2D eigenvalue weighted by atomic mass is 10.2. The summed E-state index contributed by atoms with van der Waals surface area (Å²) in [7, 11) is 1.52. The van der Waals surface area contributed by atoms with Crippen LogP contribution in [0.25, 0.3) is 0 Å². The largest absolute Gasteiger partial charge is 0.444 e. The number of hydrogen-bond donors (Lipinski definition) is 1. The highest BCUT2D eigenvalue weighted by molar-refractivity contribution is 5.94. The molecule has 2 amide bonds. The zero-order valence-corrected chi connectivity index (χ0v) is 15.9. The van der Waals surface area contributed by atoms with E-state index in [9.17, 15) is 9.59 Å². The van der Waals surface area contributed by atoms with Crippen LogP contribution in [0.5, 0.6) is 0 Å². The summed E-state index contributed by atoms with van der Waals surface area (Å²) in [5.74, 6) is 5.66. The molecule has 1 aromatic heterocycles. The molecule has 0 aliphatic carbocycles. The van der Waals surface area contributed by atoms with Gasteiger partial charge < -0.3 is 15.0 Å². The highest BCUT2D eigenvalue weighted by Gasteiger charge is 2.21. The lowest BCUT2D eigenvalue weighted by Gasteiger charge is -2.24. The van der Waals surface area contributed by atoms with Crippen LogP contribution in [0.1, 0.15) is 32.0 Å². The van der Waals surface area contributed by atoms with Gasteiger partial charge >= 0.3 is 6.09 Å². The number of nitrogens with zero attached hydrogens (tertiary/aromatic N) is 2. The summed E-state index contributed by atoms with van der Waals surface area (Å²) in [4.78, 5) is 29.5. The third-order valence-corrected chi connectivity index (χ3v) is 3.23. The Morgan fingerprint density at radius 1 is 1.15 bits per heavy atom. The second-order valence-corrected chi connectivity index (χ2v) is 6.93. The van der Waals surface area contributed by atoms with Crippen molar-refractivity contribution in [2.45, 2.75) is 26.4 Å². The summed E-state index contributed by atoms with van der Waals surface area (Å²) in [5.41, 5.74) is 1.41. The number of carbonyl (C=O) groups excluding carboxylic acids is 2. The van der Waals surface area contributed by atoms with Gasteiger partial charge in [0.15, 0.2) is 0 Å². The molecule has 1 N–H and O–H groups in total. The van der Waals surface area contributed by atoms with Crippen LogP contribution in [-0.2, 0) is 9.53 Å². The number of nitrogens with one attached hydrogen (secondary N) is 1. The SMILES string of the molecule is CN(CC(=O)Nc1cccc(C#Cc2ccccn2)c1)C(=O)OC(C)(C)C. The number of likely N-dealkylation sites (N-methyl/N-ethyl adjacent to an activating group) is 1. The van der Waals surface area contributed by atoms with E-state index in [4.69, 9.17) is 4.74 Å². The van der Waals surface area contributed by atoms with Gasteiger partial charge in [-0.15, -0.1) is 0 Å². The predicted octanol–water partition coefficient (Wildman–Crippen LogP) is 3.29. The number of carbonyl (C=O) groups is 2.